The van der Waals surface area contributed by atoms with Crippen molar-refractivity contribution in [2.45, 2.75) is 23.3 Å². The van der Waals surface area contributed by atoms with Crippen LogP contribution in [0.3, 0.4) is 0 Å². The number of thioether (sulfide) groups is 1. The van der Waals surface area contributed by atoms with Gasteiger partial charge in [0.15, 0.2) is 5.76 Å². The van der Waals surface area contributed by atoms with Crippen LogP contribution >= 0.6 is 23.1 Å². The van der Waals surface area contributed by atoms with Crippen molar-refractivity contribution in [2.24, 2.45) is 0 Å². The molecule has 0 radical (unpaired) electrons. The largest absolute Gasteiger partial charge is 0.451 e. The SMILES string of the molecule is Cc1cccc(C(=O)N2CCCN(C(=O)c3oc4ccccc4c3CSc3cccs3)CC2)c1. The van der Waals surface area contributed by atoms with E-state index in [-0.39, 0.29) is 11.8 Å². The van der Waals surface area contributed by atoms with Crippen LogP contribution in [0, 0.1) is 6.92 Å². The van der Waals surface area contributed by atoms with E-state index in [0.717, 1.165) is 28.5 Å². The normalized spacial score (nSPS) is 14.4. The zero-order valence-corrected chi connectivity index (χ0v) is 20.7. The van der Waals surface area contributed by atoms with Crippen molar-refractivity contribution in [3.05, 3.63) is 88.5 Å². The maximum absolute atomic E-state index is 13.6. The van der Waals surface area contributed by atoms with Crippen molar-refractivity contribution >= 4 is 45.9 Å². The second-order valence-corrected chi connectivity index (χ2v) is 10.7. The number of hydrogen-bond donors (Lipinski definition) is 0. The van der Waals surface area contributed by atoms with Crippen molar-refractivity contribution in [3.63, 3.8) is 0 Å². The van der Waals surface area contributed by atoms with Crippen molar-refractivity contribution in [2.75, 3.05) is 26.2 Å². The molecule has 5 nitrogen and oxygen atoms in total. The van der Waals surface area contributed by atoms with E-state index in [2.05, 4.69) is 11.4 Å². The summed E-state index contributed by atoms with van der Waals surface area (Å²) >= 11 is 3.42. The molecular weight excluding hydrogens is 464 g/mol. The third kappa shape index (κ3) is 4.76. The van der Waals surface area contributed by atoms with Gasteiger partial charge in [0, 0.05) is 48.4 Å². The van der Waals surface area contributed by atoms with Gasteiger partial charge in [-0.25, -0.2) is 0 Å². The number of benzene rings is 2. The zero-order chi connectivity index (χ0) is 23.5. The Morgan fingerprint density at radius 1 is 0.941 bits per heavy atom. The predicted molar refractivity (Wildman–Crippen MR) is 138 cm³/mol. The average molecular weight is 491 g/mol. The fraction of sp³-hybridized carbons (Fsp3) is 0.259. The lowest BCUT2D eigenvalue weighted by Crippen LogP contribution is -2.37. The minimum atomic E-state index is -0.0946. The number of hydrogen-bond acceptors (Lipinski definition) is 5. The summed E-state index contributed by atoms with van der Waals surface area (Å²) in [6, 6.07) is 19.6. The number of nitrogens with zero attached hydrogens (tertiary/aromatic N) is 2. The van der Waals surface area contributed by atoms with E-state index in [1.54, 1.807) is 23.1 Å². The summed E-state index contributed by atoms with van der Waals surface area (Å²) in [4.78, 5) is 30.3. The molecule has 2 amide bonds. The molecule has 0 saturated carbocycles. The van der Waals surface area contributed by atoms with Crippen LogP contribution in [0.4, 0.5) is 0 Å². The number of thiophene rings is 1. The predicted octanol–water partition coefficient (Wildman–Crippen LogP) is 6.08. The minimum Gasteiger partial charge on any atom is -0.451 e. The molecule has 34 heavy (non-hydrogen) atoms. The Morgan fingerprint density at radius 2 is 1.74 bits per heavy atom. The number of carbonyl (C=O) groups excluding carboxylic acids is 2. The van der Waals surface area contributed by atoms with Gasteiger partial charge in [0.2, 0.25) is 0 Å². The fourth-order valence-corrected chi connectivity index (χ4v) is 6.14. The molecule has 5 rings (SSSR count). The first-order valence-corrected chi connectivity index (χ1v) is 13.3. The first kappa shape index (κ1) is 22.7. The Hall–Kier alpha value is -3.03. The monoisotopic (exact) mass is 490 g/mol. The van der Waals surface area contributed by atoms with Gasteiger partial charge >= 0.3 is 0 Å². The molecule has 1 saturated heterocycles. The van der Waals surface area contributed by atoms with E-state index in [1.807, 2.05) is 71.3 Å². The summed E-state index contributed by atoms with van der Waals surface area (Å²) < 4.78 is 7.31. The lowest BCUT2D eigenvalue weighted by Gasteiger charge is -2.22. The second-order valence-electron chi connectivity index (χ2n) is 8.43. The van der Waals surface area contributed by atoms with Crippen LogP contribution in [0.5, 0.6) is 0 Å². The molecule has 2 aromatic heterocycles. The first-order chi connectivity index (χ1) is 16.6. The van der Waals surface area contributed by atoms with Crippen LogP contribution in [0.1, 0.15) is 38.5 Å². The van der Waals surface area contributed by atoms with Crippen LogP contribution < -0.4 is 0 Å². The summed E-state index contributed by atoms with van der Waals surface area (Å²) in [6.07, 6.45) is 0.739. The fourth-order valence-electron chi connectivity index (χ4n) is 4.33. The van der Waals surface area contributed by atoms with E-state index in [4.69, 9.17) is 4.42 Å². The van der Waals surface area contributed by atoms with Crippen LogP contribution in [-0.4, -0.2) is 47.8 Å². The summed E-state index contributed by atoms with van der Waals surface area (Å²) in [5.41, 5.74) is 3.44. The highest BCUT2D eigenvalue weighted by Crippen LogP contribution is 2.34. The molecule has 2 aromatic carbocycles. The van der Waals surface area contributed by atoms with Gasteiger partial charge in [0.05, 0.1) is 4.21 Å². The summed E-state index contributed by atoms with van der Waals surface area (Å²) in [6.45, 7) is 4.23. The molecule has 1 aliphatic heterocycles. The topological polar surface area (TPSA) is 53.8 Å². The van der Waals surface area contributed by atoms with Gasteiger partial charge in [0.1, 0.15) is 5.58 Å². The van der Waals surface area contributed by atoms with Gasteiger partial charge in [-0.2, -0.15) is 0 Å². The van der Waals surface area contributed by atoms with Crippen molar-refractivity contribution < 1.29 is 14.0 Å². The van der Waals surface area contributed by atoms with E-state index in [1.165, 1.54) is 4.21 Å². The molecule has 0 bridgehead atoms. The lowest BCUT2D eigenvalue weighted by molar-refractivity contribution is 0.0701. The van der Waals surface area contributed by atoms with Gasteiger partial charge in [-0.15, -0.1) is 23.1 Å². The van der Waals surface area contributed by atoms with Crippen molar-refractivity contribution in [1.82, 2.24) is 9.80 Å². The van der Waals surface area contributed by atoms with Crippen LogP contribution in [-0.2, 0) is 5.75 Å². The molecule has 4 aromatic rings. The minimum absolute atomic E-state index is 0.0229. The average Bonchev–Trinajstić information content (AvgIpc) is 3.43. The molecule has 0 aliphatic carbocycles. The number of amides is 2. The highest BCUT2D eigenvalue weighted by Gasteiger charge is 2.28. The Bertz CT molecular complexity index is 1310. The maximum atomic E-state index is 13.6. The van der Waals surface area contributed by atoms with E-state index in [9.17, 15) is 9.59 Å². The molecule has 1 aliphatic rings. The summed E-state index contributed by atoms with van der Waals surface area (Å²) in [5, 5.41) is 3.05. The van der Waals surface area contributed by atoms with Gasteiger partial charge < -0.3 is 14.2 Å². The van der Waals surface area contributed by atoms with Gasteiger partial charge in [-0.05, 0) is 43.0 Å². The number of aryl methyl sites for hydroxylation is 1. The van der Waals surface area contributed by atoms with Gasteiger partial charge in [-0.1, -0.05) is 42.0 Å². The Balaban J connectivity index is 1.34. The van der Waals surface area contributed by atoms with Gasteiger partial charge in [0.25, 0.3) is 11.8 Å². The molecule has 0 atom stereocenters. The number of rotatable bonds is 5. The lowest BCUT2D eigenvalue weighted by atomic mass is 10.1. The summed E-state index contributed by atoms with van der Waals surface area (Å²) in [5.74, 6) is 1.02. The van der Waals surface area contributed by atoms with Crippen LogP contribution in [0.15, 0.2) is 74.7 Å². The van der Waals surface area contributed by atoms with Crippen LogP contribution in [0.25, 0.3) is 11.0 Å². The quantitative estimate of drug-likeness (QED) is 0.318. The third-order valence-corrected chi connectivity index (χ3v) is 8.24. The van der Waals surface area contributed by atoms with Crippen LogP contribution in [0.2, 0.25) is 0 Å². The highest BCUT2D eigenvalue weighted by atomic mass is 32.2. The van der Waals surface area contributed by atoms with Gasteiger partial charge in [-0.3, -0.25) is 9.59 Å². The molecule has 7 heteroatoms. The zero-order valence-electron chi connectivity index (χ0n) is 19.0. The van der Waals surface area contributed by atoms with Crippen molar-refractivity contribution in [3.8, 4) is 0 Å². The molecule has 3 heterocycles. The maximum Gasteiger partial charge on any atom is 0.289 e. The standard InChI is InChI=1S/C27H26N2O3S2/c1-19-7-4-8-20(17-19)26(30)28-12-6-13-29(15-14-28)27(31)25-22(18-34-24-11-5-16-33-24)21-9-2-3-10-23(21)32-25/h2-5,7-11,16-17H,6,12-15,18H2,1H3. The first-order valence-electron chi connectivity index (χ1n) is 11.4. The highest BCUT2D eigenvalue weighted by molar-refractivity contribution is 8.00. The molecule has 174 valence electrons. The number of furan rings is 1. The Morgan fingerprint density at radius 3 is 2.50 bits per heavy atom. The molecule has 0 spiro atoms. The summed E-state index contributed by atoms with van der Waals surface area (Å²) in [7, 11) is 0. The molecular formula is C27H26N2O3S2. The Kier molecular flexibility index (Phi) is 6.74. The van der Waals surface area contributed by atoms with E-state index >= 15 is 0 Å². The van der Waals surface area contributed by atoms with E-state index in [0.29, 0.717) is 43.3 Å². The number of fused-ring (bicyclic) bond motifs is 1. The van der Waals surface area contributed by atoms with Crippen molar-refractivity contribution in [1.29, 1.82) is 0 Å². The molecule has 1 fully saturated rings. The Labute approximate surface area is 207 Å². The second kappa shape index (κ2) is 10.1. The number of carbonyl (C=O) groups is 2. The smallest absolute Gasteiger partial charge is 0.289 e. The van der Waals surface area contributed by atoms with E-state index < -0.39 is 0 Å². The molecule has 0 unspecified atom stereocenters. The number of para-hydroxylation sites is 1. The third-order valence-electron chi connectivity index (χ3n) is 6.08. The molecule has 0 N–H and O–H groups in total.